The number of amides is 2. The molecule has 2 amide bonds. The van der Waals surface area contributed by atoms with Gasteiger partial charge < -0.3 is 15.1 Å². The molecule has 1 saturated carbocycles. The van der Waals surface area contributed by atoms with Crippen LogP contribution in [0.3, 0.4) is 0 Å². The van der Waals surface area contributed by atoms with Crippen LogP contribution in [-0.2, 0) is 0 Å². The van der Waals surface area contributed by atoms with Gasteiger partial charge in [-0.2, -0.15) is 0 Å². The zero-order valence-corrected chi connectivity index (χ0v) is 12.9. The maximum absolute atomic E-state index is 13.8. The SMILES string of the molecule is O=C(NCC1CCCC1)N1CCN(c2ccccc2F)CC1. The number of nitrogens with one attached hydrogen (secondary N) is 1. The molecule has 1 N–H and O–H groups in total. The number of halogens is 1. The molecule has 0 aromatic heterocycles. The van der Waals surface area contributed by atoms with E-state index >= 15 is 0 Å². The van der Waals surface area contributed by atoms with Crippen molar-refractivity contribution in [2.24, 2.45) is 5.92 Å². The van der Waals surface area contributed by atoms with Gasteiger partial charge in [-0.25, -0.2) is 9.18 Å². The third-order valence-corrected chi connectivity index (χ3v) is 4.78. The second-order valence-electron chi connectivity index (χ2n) is 6.26. The number of hydrogen-bond acceptors (Lipinski definition) is 2. The highest BCUT2D eigenvalue weighted by molar-refractivity contribution is 5.74. The minimum atomic E-state index is -0.193. The van der Waals surface area contributed by atoms with Gasteiger partial charge in [0.15, 0.2) is 0 Å². The molecule has 3 rings (SSSR count). The fourth-order valence-electron chi connectivity index (χ4n) is 3.42. The van der Waals surface area contributed by atoms with E-state index < -0.39 is 0 Å². The lowest BCUT2D eigenvalue weighted by Gasteiger charge is -2.36. The van der Waals surface area contributed by atoms with E-state index in [0.717, 1.165) is 6.54 Å². The number of nitrogens with zero attached hydrogens (tertiary/aromatic N) is 2. The van der Waals surface area contributed by atoms with Crippen LogP contribution in [0.2, 0.25) is 0 Å². The van der Waals surface area contributed by atoms with Crippen molar-refractivity contribution in [3.8, 4) is 0 Å². The topological polar surface area (TPSA) is 35.6 Å². The molecular formula is C17H24FN3O. The molecule has 4 nitrogen and oxygen atoms in total. The minimum absolute atomic E-state index is 0.0279. The Kier molecular flexibility index (Phi) is 4.80. The highest BCUT2D eigenvalue weighted by Crippen LogP contribution is 2.24. The molecule has 1 aliphatic carbocycles. The van der Waals surface area contributed by atoms with Crippen LogP contribution in [-0.4, -0.2) is 43.7 Å². The van der Waals surface area contributed by atoms with Gasteiger partial charge in [0.25, 0.3) is 0 Å². The maximum Gasteiger partial charge on any atom is 0.317 e. The Morgan fingerprint density at radius 2 is 1.82 bits per heavy atom. The van der Waals surface area contributed by atoms with Crippen LogP contribution >= 0.6 is 0 Å². The number of para-hydroxylation sites is 1. The van der Waals surface area contributed by atoms with Crippen LogP contribution < -0.4 is 10.2 Å². The summed E-state index contributed by atoms with van der Waals surface area (Å²) >= 11 is 0. The molecule has 120 valence electrons. The molecule has 0 radical (unpaired) electrons. The second kappa shape index (κ2) is 6.99. The predicted octanol–water partition coefficient (Wildman–Crippen LogP) is 2.85. The molecule has 22 heavy (non-hydrogen) atoms. The second-order valence-corrected chi connectivity index (χ2v) is 6.26. The summed E-state index contributed by atoms with van der Waals surface area (Å²) in [5.74, 6) is 0.463. The molecule has 0 bridgehead atoms. The van der Waals surface area contributed by atoms with E-state index in [-0.39, 0.29) is 11.8 Å². The fourth-order valence-corrected chi connectivity index (χ4v) is 3.42. The normalized spacial score (nSPS) is 19.5. The number of carbonyl (C=O) groups excluding carboxylic acids is 1. The molecule has 1 heterocycles. The molecule has 1 aromatic rings. The average Bonchev–Trinajstić information content (AvgIpc) is 3.07. The lowest BCUT2D eigenvalue weighted by Crippen LogP contribution is -2.52. The van der Waals surface area contributed by atoms with Crippen LogP contribution in [0.5, 0.6) is 0 Å². The Balaban J connectivity index is 1.46. The first-order valence-electron chi connectivity index (χ1n) is 8.26. The van der Waals surface area contributed by atoms with Crippen LogP contribution in [0.1, 0.15) is 25.7 Å². The highest BCUT2D eigenvalue weighted by atomic mass is 19.1. The molecule has 2 fully saturated rings. The Hall–Kier alpha value is -1.78. The van der Waals surface area contributed by atoms with Gasteiger partial charge in [0.2, 0.25) is 0 Å². The van der Waals surface area contributed by atoms with E-state index in [1.165, 1.54) is 31.7 Å². The van der Waals surface area contributed by atoms with Gasteiger partial charge in [-0.05, 0) is 30.9 Å². The molecule has 1 saturated heterocycles. The summed E-state index contributed by atoms with van der Waals surface area (Å²) in [5, 5.41) is 3.05. The largest absolute Gasteiger partial charge is 0.366 e. The van der Waals surface area contributed by atoms with E-state index in [2.05, 4.69) is 5.32 Å². The summed E-state index contributed by atoms with van der Waals surface area (Å²) in [7, 11) is 0. The van der Waals surface area contributed by atoms with Crippen LogP contribution in [0.15, 0.2) is 24.3 Å². The standard InChI is InChI=1S/C17H24FN3O/c18-15-7-3-4-8-16(15)20-9-11-21(12-10-20)17(22)19-13-14-5-1-2-6-14/h3-4,7-8,14H,1-2,5-6,9-13H2,(H,19,22). The third kappa shape index (κ3) is 3.51. The summed E-state index contributed by atoms with van der Waals surface area (Å²) in [5.41, 5.74) is 0.633. The van der Waals surface area contributed by atoms with Crippen molar-refractivity contribution in [1.82, 2.24) is 10.2 Å². The number of urea groups is 1. The number of carbonyl (C=O) groups is 1. The summed E-state index contributed by atoms with van der Waals surface area (Å²) in [6.45, 7) is 3.44. The van der Waals surface area contributed by atoms with Crippen molar-refractivity contribution in [3.05, 3.63) is 30.1 Å². The van der Waals surface area contributed by atoms with Gasteiger partial charge in [0.05, 0.1) is 5.69 Å². The molecule has 1 aromatic carbocycles. The first kappa shape index (κ1) is 15.1. The summed E-state index contributed by atoms with van der Waals surface area (Å²) < 4.78 is 13.8. The average molecular weight is 305 g/mol. The number of hydrogen-bond donors (Lipinski definition) is 1. The van der Waals surface area contributed by atoms with Gasteiger partial charge in [0, 0.05) is 32.7 Å². The third-order valence-electron chi connectivity index (χ3n) is 4.78. The molecule has 0 atom stereocenters. The predicted molar refractivity (Wildman–Crippen MR) is 85.5 cm³/mol. The Morgan fingerprint density at radius 3 is 2.50 bits per heavy atom. The molecule has 0 unspecified atom stereocenters. The number of anilines is 1. The molecular weight excluding hydrogens is 281 g/mol. The van der Waals surface area contributed by atoms with Crippen LogP contribution in [0, 0.1) is 11.7 Å². The van der Waals surface area contributed by atoms with E-state index in [4.69, 9.17) is 0 Å². The van der Waals surface area contributed by atoms with E-state index in [9.17, 15) is 9.18 Å². The Morgan fingerprint density at radius 1 is 1.14 bits per heavy atom. The van der Waals surface area contributed by atoms with Crippen LogP contribution in [0.25, 0.3) is 0 Å². The van der Waals surface area contributed by atoms with Crippen LogP contribution in [0.4, 0.5) is 14.9 Å². The molecule has 2 aliphatic rings. The minimum Gasteiger partial charge on any atom is -0.366 e. The van der Waals surface area contributed by atoms with Gasteiger partial charge in [-0.1, -0.05) is 25.0 Å². The highest BCUT2D eigenvalue weighted by Gasteiger charge is 2.23. The van der Waals surface area contributed by atoms with Crippen molar-refractivity contribution in [2.45, 2.75) is 25.7 Å². The first-order valence-corrected chi connectivity index (χ1v) is 8.26. The van der Waals surface area contributed by atoms with E-state index in [1.807, 2.05) is 15.9 Å². The quantitative estimate of drug-likeness (QED) is 0.932. The Bertz CT molecular complexity index is 508. The number of rotatable bonds is 3. The summed E-state index contributed by atoms with van der Waals surface area (Å²) in [4.78, 5) is 16.0. The van der Waals surface area contributed by atoms with Crippen molar-refractivity contribution in [3.63, 3.8) is 0 Å². The van der Waals surface area contributed by atoms with E-state index in [0.29, 0.717) is 37.8 Å². The molecule has 5 heteroatoms. The van der Waals surface area contributed by atoms with Crippen molar-refractivity contribution in [1.29, 1.82) is 0 Å². The number of benzene rings is 1. The van der Waals surface area contributed by atoms with Gasteiger partial charge >= 0.3 is 6.03 Å². The Labute approximate surface area is 131 Å². The van der Waals surface area contributed by atoms with Gasteiger partial charge in [0.1, 0.15) is 5.82 Å². The maximum atomic E-state index is 13.8. The monoisotopic (exact) mass is 305 g/mol. The van der Waals surface area contributed by atoms with Crippen molar-refractivity contribution >= 4 is 11.7 Å². The fraction of sp³-hybridized carbons (Fsp3) is 0.588. The first-order chi connectivity index (χ1) is 10.7. The summed E-state index contributed by atoms with van der Waals surface area (Å²) in [6, 6.07) is 6.85. The zero-order chi connectivity index (χ0) is 15.4. The van der Waals surface area contributed by atoms with Crippen molar-refractivity contribution < 1.29 is 9.18 Å². The zero-order valence-electron chi connectivity index (χ0n) is 12.9. The lowest BCUT2D eigenvalue weighted by atomic mass is 10.1. The number of piperazine rings is 1. The summed E-state index contributed by atoms with van der Waals surface area (Å²) in [6.07, 6.45) is 5.06. The molecule has 1 aliphatic heterocycles. The van der Waals surface area contributed by atoms with E-state index in [1.54, 1.807) is 12.1 Å². The lowest BCUT2D eigenvalue weighted by molar-refractivity contribution is 0.192. The van der Waals surface area contributed by atoms with Crippen molar-refractivity contribution in [2.75, 3.05) is 37.6 Å². The van der Waals surface area contributed by atoms with Gasteiger partial charge in [-0.15, -0.1) is 0 Å². The smallest absolute Gasteiger partial charge is 0.317 e. The van der Waals surface area contributed by atoms with Gasteiger partial charge in [-0.3, -0.25) is 0 Å². The molecule has 0 spiro atoms.